The van der Waals surface area contributed by atoms with Gasteiger partial charge in [-0.05, 0) is 61.5 Å². The molecule has 1 aromatic carbocycles. The van der Waals surface area contributed by atoms with Gasteiger partial charge in [-0.15, -0.1) is 0 Å². The van der Waals surface area contributed by atoms with E-state index in [1.54, 1.807) is 6.20 Å². The highest BCUT2D eigenvalue weighted by atomic mass is 79.9. The molecule has 1 atom stereocenters. The molecule has 3 heterocycles. The third-order valence-corrected chi connectivity index (χ3v) is 8.32. The van der Waals surface area contributed by atoms with Crippen LogP contribution in [0.2, 0.25) is 0 Å². The zero-order chi connectivity index (χ0) is 21.8. The van der Waals surface area contributed by atoms with Gasteiger partial charge in [0.25, 0.3) is 0 Å². The van der Waals surface area contributed by atoms with E-state index in [1.807, 2.05) is 37.6 Å². The summed E-state index contributed by atoms with van der Waals surface area (Å²) in [5, 5.41) is 0. The first kappa shape index (κ1) is 20.8. The van der Waals surface area contributed by atoms with E-state index in [0.29, 0.717) is 0 Å². The quantitative estimate of drug-likeness (QED) is 0.517. The number of hydrogen-bond donors (Lipinski definition) is 0. The van der Waals surface area contributed by atoms with Gasteiger partial charge in [0.15, 0.2) is 5.65 Å². The molecular formula is C23H26BrN5OS. The van der Waals surface area contributed by atoms with Crippen LogP contribution in [0.3, 0.4) is 0 Å². The van der Waals surface area contributed by atoms with Gasteiger partial charge in [0.05, 0.1) is 14.9 Å². The summed E-state index contributed by atoms with van der Waals surface area (Å²) in [5.74, 6) is 0.915. The number of rotatable bonds is 2. The van der Waals surface area contributed by atoms with E-state index < -0.39 is 11.0 Å². The van der Waals surface area contributed by atoms with Crippen molar-refractivity contribution < 1.29 is 4.21 Å². The van der Waals surface area contributed by atoms with Gasteiger partial charge in [-0.2, -0.15) is 4.40 Å². The zero-order valence-corrected chi connectivity index (χ0v) is 20.4. The summed E-state index contributed by atoms with van der Waals surface area (Å²) in [4.78, 5) is 11.4. The molecule has 1 saturated heterocycles. The third-order valence-electron chi connectivity index (χ3n) is 6.37. The van der Waals surface area contributed by atoms with Gasteiger partial charge in [-0.25, -0.2) is 14.2 Å². The van der Waals surface area contributed by atoms with Gasteiger partial charge in [0.1, 0.15) is 11.0 Å². The number of benzene rings is 1. The first-order valence-electron chi connectivity index (χ1n) is 10.6. The fraction of sp³-hybridized carbons (Fsp3) is 0.435. The fourth-order valence-electron chi connectivity index (χ4n) is 4.66. The van der Waals surface area contributed by atoms with Crippen molar-refractivity contribution in [3.05, 3.63) is 58.5 Å². The first-order valence-corrected chi connectivity index (χ1v) is 12.5. The lowest BCUT2D eigenvalue weighted by molar-refractivity contribution is 0.328. The molecule has 1 spiro atoms. The Morgan fingerprint density at radius 1 is 1.16 bits per heavy atom. The second-order valence-corrected chi connectivity index (χ2v) is 12.2. The summed E-state index contributed by atoms with van der Waals surface area (Å²) in [6, 6.07) is 8.48. The molecule has 0 N–H and O–H groups in total. The van der Waals surface area contributed by atoms with Crippen molar-refractivity contribution in [1.82, 2.24) is 14.4 Å². The Bertz CT molecular complexity index is 1200. The van der Waals surface area contributed by atoms with Crippen LogP contribution in [0.15, 0.2) is 51.7 Å². The lowest BCUT2D eigenvalue weighted by Crippen LogP contribution is -2.44. The minimum Gasteiger partial charge on any atom is -0.342 e. The smallest absolute Gasteiger partial charge is 0.211 e. The number of halogens is 1. The maximum Gasteiger partial charge on any atom is 0.211 e. The summed E-state index contributed by atoms with van der Waals surface area (Å²) in [6.07, 6.45) is 8.46. The molecule has 31 heavy (non-hydrogen) atoms. The molecule has 1 fully saturated rings. The molecule has 162 valence electrons. The van der Waals surface area contributed by atoms with E-state index in [1.165, 1.54) is 11.1 Å². The summed E-state index contributed by atoms with van der Waals surface area (Å²) in [7, 11) is -1.28. The second kappa shape index (κ2) is 7.52. The SMILES string of the molecule is CC(C)(C)[S@@](=O)N=C1c2ccccc2CC12CCN(c1ncc(Br)c3nccn13)CC2. The fourth-order valence-corrected chi connectivity index (χ4v) is 5.79. The van der Waals surface area contributed by atoms with Crippen LogP contribution in [-0.4, -0.2) is 42.1 Å². The molecule has 6 nitrogen and oxygen atoms in total. The lowest BCUT2D eigenvalue weighted by atomic mass is 9.74. The second-order valence-electron chi connectivity index (χ2n) is 9.43. The highest BCUT2D eigenvalue weighted by Crippen LogP contribution is 2.46. The number of hydrogen-bond acceptors (Lipinski definition) is 4. The van der Waals surface area contributed by atoms with Crippen molar-refractivity contribution in [3.8, 4) is 0 Å². The van der Waals surface area contributed by atoms with E-state index in [4.69, 9.17) is 4.40 Å². The highest BCUT2D eigenvalue weighted by Gasteiger charge is 2.46. The normalized spacial score (nSPS) is 20.5. The number of aromatic nitrogens is 3. The van der Waals surface area contributed by atoms with E-state index in [2.05, 4.69) is 55.1 Å². The van der Waals surface area contributed by atoms with Crippen LogP contribution in [0.1, 0.15) is 44.7 Å². The summed E-state index contributed by atoms with van der Waals surface area (Å²) in [6.45, 7) is 7.70. The van der Waals surface area contributed by atoms with Crippen LogP contribution in [0.25, 0.3) is 5.65 Å². The Balaban J connectivity index is 1.48. The summed E-state index contributed by atoms with van der Waals surface area (Å²) in [5.41, 5.74) is 4.34. The average Bonchev–Trinajstić information content (AvgIpc) is 3.33. The standard InChI is InChI=1S/C23H26BrN5OS/c1-22(2,3)31(30)27-19-17-7-5-4-6-16(17)14-23(19)8-11-28(12-9-23)21-26-15-18(24)20-25-10-13-29(20)21/h4-7,10,13,15H,8-9,11-12,14H2,1-3H3/t31-/m1/s1. The van der Waals surface area contributed by atoms with Gasteiger partial charge in [0.2, 0.25) is 5.95 Å². The van der Waals surface area contributed by atoms with E-state index in [-0.39, 0.29) is 10.2 Å². The van der Waals surface area contributed by atoms with E-state index >= 15 is 0 Å². The molecule has 0 amide bonds. The molecule has 3 aromatic rings. The van der Waals surface area contributed by atoms with E-state index in [0.717, 1.165) is 54.1 Å². The van der Waals surface area contributed by atoms with Crippen molar-refractivity contribution in [2.75, 3.05) is 18.0 Å². The monoisotopic (exact) mass is 499 g/mol. The maximum atomic E-state index is 13.0. The van der Waals surface area contributed by atoms with Gasteiger partial charge >= 0.3 is 0 Å². The topological polar surface area (TPSA) is 62.9 Å². The number of piperidine rings is 1. The molecule has 2 aromatic heterocycles. The summed E-state index contributed by atoms with van der Waals surface area (Å²) < 4.78 is 20.4. The number of nitrogens with zero attached hydrogens (tertiary/aromatic N) is 5. The molecule has 0 radical (unpaired) electrons. The van der Waals surface area contributed by atoms with Gasteiger partial charge in [0, 0.05) is 42.7 Å². The molecule has 8 heteroatoms. The Kier molecular flexibility index (Phi) is 5.05. The predicted octanol–water partition coefficient (Wildman–Crippen LogP) is 4.59. The molecular weight excluding hydrogens is 474 g/mol. The Morgan fingerprint density at radius 2 is 1.90 bits per heavy atom. The molecule has 1 aliphatic heterocycles. The van der Waals surface area contributed by atoms with Gasteiger partial charge in [-0.3, -0.25) is 4.40 Å². The van der Waals surface area contributed by atoms with Crippen molar-refractivity contribution in [1.29, 1.82) is 0 Å². The third kappa shape index (κ3) is 3.53. The van der Waals surface area contributed by atoms with Crippen LogP contribution >= 0.6 is 15.9 Å². The first-order chi connectivity index (χ1) is 14.8. The van der Waals surface area contributed by atoms with Crippen LogP contribution in [-0.2, 0) is 17.4 Å². The minimum absolute atomic E-state index is 0.0650. The van der Waals surface area contributed by atoms with Crippen LogP contribution < -0.4 is 4.90 Å². The van der Waals surface area contributed by atoms with Gasteiger partial charge < -0.3 is 4.90 Å². The summed E-state index contributed by atoms with van der Waals surface area (Å²) >= 11 is 3.54. The average molecular weight is 500 g/mol. The molecule has 0 saturated carbocycles. The molecule has 5 rings (SSSR count). The largest absolute Gasteiger partial charge is 0.342 e. The molecule has 0 unspecified atom stereocenters. The Labute approximate surface area is 193 Å². The van der Waals surface area contributed by atoms with Crippen molar-refractivity contribution >= 4 is 44.2 Å². The molecule has 0 bridgehead atoms. The Hall–Kier alpha value is -2.06. The number of fused-ring (bicyclic) bond motifs is 2. The highest BCUT2D eigenvalue weighted by molar-refractivity contribution is 9.10. The van der Waals surface area contributed by atoms with E-state index in [9.17, 15) is 4.21 Å². The van der Waals surface area contributed by atoms with Gasteiger partial charge in [-0.1, -0.05) is 24.3 Å². The Morgan fingerprint density at radius 3 is 2.65 bits per heavy atom. The number of anilines is 1. The van der Waals surface area contributed by atoms with Crippen molar-refractivity contribution in [3.63, 3.8) is 0 Å². The van der Waals surface area contributed by atoms with Crippen molar-refractivity contribution in [2.24, 2.45) is 9.81 Å². The van der Waals surface area contributed by atoms with Crippen LogP contribution in [0.5, 0.6) is 0 Å². The zero-order valence-electron chi connectivity index (χ0n) is 18.0. The van der Waals surface area contributed by atoms with Crippen molar-refractivity contribution in [2.45, 2.75) is 44.8 Å². The minimum atomic E-state index is -1.28. The predicted molar refractivity (Wildman–Crippen MR) is 129 cm³/mol. The maximum absolute atomic E-state index is 13.0. The molecule has 2 aliphatic rings. The molecule has 1 aliphatic carbocycles. The van der Waals surface area contributed by atoms with Crippen LogP contribution in [0.4, 0.5) is 5.95 Å². The lowest BCUT2D eigenvalue weighted by Gasteiger charge is -2.40. The number of imidazole rings is 1. The van der Waals surface area contributed by atoms with Crippen LogP contribution in [0, 0.1) is 5.41 Å².